The van der Waals surface area contributed by atoms with Crippen molar-refractivity contribution in [2.24, 2.45) is 0 Å². The van der Waals surface area contributed by atoms with Gasteiger partial charge >= 0.3 is 5.97 Å². The van der Waals surface area contributed by atoms with Gasteiger partial charge in [0.25, 0.3) is 0 Å². The Balaban J connectivity index is 1.53. The number of hydrogen-bond donors (Lipinski definition) is 0. The Kier molecular flexibility index (Phi) is 7.83. The number of ketones is 2. The van der Waals surface area contributed by atoms with E-state index in [1.54, 1.807) is 31.2 Å². The van der Waals surface area contributed by atoms with Gasteiger partial charge in [0, 0.05) is 5.56 Å². The molecule has 0 radical (unpaired) electrons. The average Bonchev–Trinajstić information content (AvgIpc) is 3.24. The fourth-order valence-electron chi connectivity index (χ4n) is 3.03. The van der Waals surface area contributed by atoms with Gasteiger partial charge in [-0.1, -0.05) is 54.6 Å². The number of hydrogen-bond acceptors (Lipinski definition) is 7. The summed E-state index contributed by atoms with van der Waals surface area (Å²) in [6.07, 6.45) is -0.215. The summed E-state index contributed by atoms with van der Waals surface area (Å²) in [7, 11) is 0. The molecule has 32 heavy (non-hydrogen) atoms. The quantitative estimate of drug-likeness (QED) is 0.148. The molecule has 0 aliphatic rings. The second-order valence-electron chi connectivity index (χ2n) is 7.01. The summed E-state index contributed by atoms with van der Waals surface area (Å²) >= 11 is 0. The fourth-order valence-corrected chi connectivity index (χ4v) is 3.03. The summed E-state index contributed by atoms with van der Waals surface area (Å²) in [6.45, 7) is 2.32. The van der Waals surface area contributed by atoms with Crippen LogP contribution in [0.5, 0.6) is 0 Å². The third kappa shape index (κ3) is 5.86. The van der Waals surface area contributed by atoms with Crippen molar-refractivity contribution >= 4 is 23.8 Å². The van der Waals surface area contributed by atoms with Crippen molar-refractivity contribution in [1.82, 2.24) is 0 Å². The molecule has 0 aliphatic carbocycles. The van der Waals surface area contributed by atoms with Crippen LogP contribution in [-0.2, 0) is 20.9 Å². The summed E-state index contributed by atoms with van der Waals surface area (Å²) in [5, 5.41) is 0. The predicted molar refractivity (Wildman–Crippen MR) is 115 cm³/mol. The first kappa shape index (κ1) is 22.8. The van der Waals surface area contributed by atoms with Crippen molar-refractivity contribution in [2.75, 3.05) is 13.2 Å². The van der Waals surface area contributed by atoms with Gasteiger partial charge in [0.1, 0.15) is 13.0 Å². The first-order valence-electron chi connectivity index (χ1n) is 9.99. The number of aryl methyl sites for hydroxylation is 1. The van der Waals surface area contributed by atoms with E-state index in [-0.39, 0.29) is 30.3 Å². The second-order valence-corrected chi connectivity index (χ2v) is 7.01. The van der Waals surface area contributed by atoms with E-state index in [2.05, 4.69) is 0 Å². The molecule has 7 nitrogen and oxygen atoms in total. The lowest BCUT2D eigenvalue weighted by Crippen LogP contribution is -2.14. The van der Waals surface area contributed by atoms with E-state index in [4.69, 9.17) is 13.9 Å². The van der Waals surface area contributed by atoms with E-state index in [9.17, 15) is 19.2 Å². The normalized spacial score (nSPS) is 10.5. The van der Waals surface area contributed by atoms with Crippen LogP contribution in [0.15, 0.2) is 65.1 Å². The zero-order valence-electron chi connectivity index (χ0n) is 17.5. The Morgan fingerprint density at radius 1 is 0.938 bits per heavy atom. The molecule has 0 saturated heterocycles. The maximum atomic E-state index is 12.8. The number of Topliss-reactive ketones (excluding diaryl/α,β-unsaturated/α-hetero) is 1. The Bertz CT molecular complexity index is 1110. The minimum absolute atomic E-state index is 0.00624. The molecule has 3 rings (SSSR count). The Hall–Kier alpha value is -3.84. The van der Waals surface area contributed by atoms with E-state index in [1.165, 1.54) is 6.07 Å². The van der Waals surface area contributed by atoms with Crippen LogP contribution in [0, 0.1) is 6.92 Å². The van der Waals surface area contributed by atoms with Gasteiger partial charge in [0.05, 0.1) is 18.8 Å². The van der Waals surface area contributed by atoms with Crippen molar-refractivity contribution in [3.05, 3.63) is 94.4 Å². The van der Waals surface area contributed by atoms with Crippen LogP contribution >= 0.6 is 0 Å². The van der Waals surface area contributed by atoms with Crippen LogP contribution in [0.1, 0.15) is 54.6 Å². The molecule has 0 spiro atoms. The van der Waals surface area contributed by atoms with E-state index >= 15 is 0 Å². The number of benzene rings is 2. The second kappa shape index (κ2) is 11.0. The lowest BCUT2D eigenvalue weighted by Gasteiger charge is -2.05. The van der Waals surface area contributed by atoms with E-state index in [1.807, 2.05) is 30.3 Å². The predicted octanol–water partition coefficient (Wildman–Crippen LogP) is 3.96. The lowest BCUT2D eigenvalue weighted by molar-refractivity contribution is -0.144. The molecular formula is C25H22O7. The van der Waals surface area contributed by atoms with Gasteiger partial charge in [-0.05, 0) is 24.1 Å². The maximum absolute atomic E-state index is 12.8. The molecule has 2 aromatic carbocycles. The van der Waals surface area contributed by atoms with Gasteiger partial charge < -0.3 is 13.9 Å². The monoisotopic (exact) mass is 434 g/mol. The zero-order valence-corrected chi connectivity index (χ0v) is 17.5. The number of esters is 1. The van der Waals surface area contributed by atoms with Crippen molar-refractivity contribution in [3.63, 3.8) is 0 Å². The maximum Gasteiger partial charge on any atom is 0.313 e. The first-order valence-corrected chi connectivity index (χ1v) is 9.99. The molecule has 7 heteroatoms. The summed E-state index contributed by atoms with van der Waals surface area (Å²) in [6, 6.07) is 17.6. The summed E-state index contributed by atoms with van der Waals surface area (Å²) in [5.41, 5.74) is 2.08. The largest absolute Gasteiger partial charge is 0.463 e. The van der Waals surface area contributed by atoms with E-state index < -0.39 is 24.0 Å². The molecule has 1 heterocycles. The highest BCUT2D eigenvalue weighted by Gasteiger charge is 2.24. The first-order chi connectivity index (χ1) is 15.5. The molecule has 0 unspecified atom stereocenters. The van der Waals surface area contributed by atoms with Gasteiger partial charge in [0.2, 0.25) is 5.78 Å². The van der Waals surface area contributed by atoms with E-state index in [0.29, 0.717) is 18.5 Å². The number of carbonyl (C=O) groups excluding carboxylic acids is 4. The molecule has 1 aromatic heterocycles. The smallest absolute Gasteiger partial charge is 0.313 e. The SMILES string of the molecule is Cc1ccccc1C(=O)c1cc(C(=O)CC(=O)OCCOCc2ccccc2)oc1C=O. The average molecular weight is 434 g/mol. The third-order valence-corrected chi connectivity index (χ3v) is 4.68. The van der Waals surface area contributed by atoms with Gasteiger partial charge in [0.15, 0.2) is 23.6 Å². The highest BCUT2D eigenvalue weighted by molar-refractivity contribution is 6.14. The van der Waals surface area contributed by atoms with Crippen LogP contribution in [0.25, 0.3) is 0 Å². The molecule has 0 N–H and O–H groups in total. The van der Waals surface area contributed by atoms with Gasteiger partial charge in [-0.15, -0.1) is 0 Å². The van der Waals surface area contributed by atoms with Crippen molar-refractivity contribution in [2.45, 2.75) is 20.0 Å². The highest BCUT2D eigenvalue weighted by atomic mass is 16.6. The Labute approximate surface area is 184 Å². The lowest BCUT2D eigenvalue weighted by atomic mass is 9.99. The highest BCUT2D eigenvalue weighted by Crippen LogP contribution is 2.21. The van der Waals surface area contributed by atoms with Gasteiger partial charge in [-0.2, -0.15) is 0 Å². The standard InChI is InChI=1S/C25H22O7/c1-17-7-5-6-10-19(17)25(29)20-13-22(32-23(20)15-26)21(27)14-24(28)31-12-11-30-16-18-8-3-2-4-9-18/h2-10,13,15H,11-12,14,16H2,1H3. The Morgan fingerprint density at radius 3 is 2.38 bits per heavy atom. The van der Waals surface area contributed by atoms with Gasteiger partial charge in [-0.3, -0.25) is 19.2 Å². The number of rotatable bonds is 11. The number of aldehydes is 1. The van der Waals surface area contributed by atoms with Crippen LogP contribution < -0.4 is 0 Å². The van der Waals surface area contributed by atoms with Crippen LogP contribution in [0.4, 0.5) is 0 Å². The Morgan fingerprint density at radius 2 is 1.66 bits per heavy atom. The van der Waals surface area contributed by atoms with Crippen molar-refractivity contribution in [3.8, 4) is 0 Å². The number of ether oxygens (including phenoxy) is 2. The molecule has 164 valence electrons. The third-order valence-electron chi connectivity index (χ3n) is 4.68. The van der Waals surface area contributed by atoms with E-state index in [0.717, 1.165) is 11.1 Å². The molecule has 3 aromatic rings. The summed E-state index contributed by atoms with van der Waals surface area (Å²) in [5.74, 6) is -2.39. The van der Waals surface area contributed by atoms with Crippen molar-refractivity contribution < 1.29 is 33.1 Å². The summed E-state index contributed by atoms with van der Waals surface area (Å²) < 4.78 is 15.6. The number of furan rings is 1. The fraction of sp³-hybridized carbons (Fsp3) is 0.200. The molecular weight excluding hydrogens is 412 g/mol. The molecule has 0 aliphatic heterocycles. The van der Waals surface area contributed by atoms with Crippen molar-refractivity contribution in [1.29, 1.82) is 0 Å². The summed E-state index contributed by atoms with van der Waals surface area (Å²) in [4.78, 5) is 48.5. The topological polar surface area (TPSA) is 99.9 Å². The van der Waals surface area contributed by atoms with Gasteiger partial charge in [-0.25, -0.2) is 0 Å². The molecule has 0 fully saturated rings. The molecule has 0 amide bonds. The van der Waals surface area contributed by atoms with Crippen LogP contribution in [0.2, 0.25) is 0 Å². The zero-order chi connectivity index (χ0) is 22.9. The minimum Gasteiger partial charge on any atom is -0.463 e. The minimum atomic E-state index is -0.755. The molecule has 0 bridgehead atoms. The molecule has 0 saturated carbocycles. The van der Waals surface area contributed by atoms with Crippen LogP contribution in [0.3, 0.4) is 0 Å². The molecule has 0 atom stereocenters. The van der Waals surface area contributed by atoms with Crippen LogP contribution in [-0.4, -0.2) is 37.0 Å². The number of carbonyl (C=O) groups is 4.